The molecule has 12 saturated carbocycles. The lowest BCUT2D eigenvalue weighted by Crippen LogP contribution is -2.48. The Kier molecular flexibility index (Phi) is 36.9. The lowest BCUT2D eigenvalue weighted by atomic mass is 9.61. The molecule has 1 unspecified atom stereocenters. The van der Waals surface area contributed by atoms with E-state index in [4.69, 9.17) is 10.1 Å². The first-order valence-corrected chi connectivity index (χ1v) is 62.2. The normalized spacial score (nSPS) is 34.1. The largest absolute Gasteiger partial charge is 0.414 e. The van der Waals surface area contributed by atoms with Gasteiger partial charge >= 0.3 is 0 Å². The summed E-state index contributed by atoms with van der Waals surface area (Å²) < 4.78 is 119. The van der Waals surface area contributed by atoms with Gasteiger partial charge in [0.2, 0.25) is 0 Å². The number of hydrogen-bond acceptors (Lipinski definition) is 12. The number of rotatable bonds is 29. The van der Waals surface area contributed by atoms with Gasteiger partial charge in [0.25, 0.3) is 0 Å². The average molecular weight is 1910 g/mol. The minimum atomic E-state index is -3.09. The summed E-state index contributed by atoms with van der Waals surface area (Å²) in [6.07, 6.45) is 39.2. The van der Waals surface area contributed by atoms with Gasteiger partial charge in [-0.2, -0.15) is 0 Å². The van der Waals surface area contributed by atoms with Crippen LogP contribution in [0.2, 0.25) is 36.3 Å². The molecule has 0 aliphatic heterocycles. The monoisotopic (exact) mass is 1900 g/mol. The zero-order valence-electron chi connectivity index (χ0n) is 81.8. The predicted molar refractivity (Wildman–Crippen MR) is 517 cm³/mol. The van der Waals surface area contributed by atoms with Crippen LogP contribution in [-0.2, 0) is 53.0 Å². The Hall–Kier alpha value is 0.874. The first-order valence-electron chi connectivity index (χ1n) is 49.1. The van der Waals surface area contributed by atoms with Crippen LogP contribution in [0, 0.1) is 92.7 Å². The molecule has 12 nitrogen and oxygen atoms in total. The van der Waals surface area contributed by atoms with Gasteiger partial charge in [0, 0.05) is 24.5 Å². The van der Waals surface area contributed by atoms with E-state index < -0.39 is 89.2 Å². The summed E-state index contributed by atoms with van der Waals surface area (Å²) in [6.45, 7) is 57.5. The molecular weight excluding hydrogens is 1720 g/mol. The SMILES string of the molecule is CC(C)(C)S(=O)(=O)C1CC1.CC[Si](CC)(CC)O[C@@H]1CCC[C@]2(C)[C@@H]([C@H](C)CCC3(S(=O)(=O)C(C)(C)C)CC3)CC[C@@H]12.CC[Si](CC)(CC)O[C@H]1CCC[C@]2(C)[C@@H]([C@H](C)CCI)CC[C@@H]12.C[C@H](CCC1(S(=O)(=O)C(C)(C)C)CC1)[C@H]1CC[C@H]2C(=O)CCC[C@]12C.C[C@H](CCC1(S(=O)(=O)C(C)(C)C)CC1)[C@H]1CC[C@H]2[C@@H](O)CCC[C@]12C.F.[2H]PC. The third-order valence-electron chi connectivity index (χ3n) is 35.9. The van der Waals surface area contributed by atoms with Crippen molar-refractivity contribution < 1.29 is 57.1 Å². The number of sulfone groups is 4. The zero-order chi connectivity index (χ0) is 89.1. The van der Waals surface area contributed by atoms with E-state index in [0.717, 1.165) is 153 Å². The predicted octanol–water partition coefficient (Wildman–Crippen LogP) is 26.5. The van der Waals surface area contributed by atoms with Gasteiger partial charge in [-0.15, -0.1) is 9.18 Å². The van der Waals surface area contributed by atoms with E-state index >= 15 is 0 Å². The summed E-state index contributed by atoms with van der Waals surface area (Å²) >= 11 is 2.56. The fourth-order valence-electron chi connectivity index (χ4n) is 26.8. The number of halogens is 2. The van der Waals surface area contributed by atoms with Crippen LogP contribution in [0.5, 0.6) is 0 Å². The van der Waals surface area contributed by atoms with Crippen molar-refractivity contribution in [2.45, 2.75) is 498 Å². The Labute approximate surface area is 747 Å². The molecule has 1 N–H and O–H groups in total. The highest BCUT2D eigenvalue weighted by molar-refractivity contribution is 14.1. The Morgan fingerprint density at radius 3 is 1.01 bits per heavy atom. The number of hydrogen-bond donors (Lipinski definition) is 1. The van der Waals surface area contributed by atoms with Crippen molar-refractivity contribution in [2.75, 3.05) is 11.1 Å². The molecule has 12 aliphatic rings. The molecule has 0 aromatic heterocycles. The van der Waals surface area contributed by atoms with Gasteiger partial charge in [-0.1, -0.05) is 145 Å². The van der Waals surface area contributed by atoms with Gasteiger partial charge in [0.05, 0.1) is 45.9 Å². The van der Waals surface area contributed by atoms with Crippen LogP contribution in [0.3, 0.4) is 0 Å². The maximum atomic E-state index is 13.2. The summed E-state index contributed by atoms with van der Waals surface area (Å²) in [5, 5.41) is 10.4. The molecule has 0 aromatic carbocycles. The second-order valence-corrected chi connectivity index (χ2v) is 69.0. The Morgan fingerprint density at radius 2 is 0.720 bits per heavy atom. The number of ketones is 1. The lowest BCUT2D eigenvalue weighted by Gasteiger charge is -2.49. The van der Waals surface area contributed by atoms with E-state index in [-0.39, 0.29) is 32.8 Å². The van der Waals surface area contributed by atoms with Gasteiger partial charge in [0.15, 0.2) is 56.0 Å². The van der Waals surface area contributed by atoms with Crippen molar-refractivity contribution in [3.8, 4) is 0 Å². The topological polar surface area (TPSA) is 192 Å². The van der Waals surface area contributed by atoms with Gasteiger partial charge in [-0.25, -0.2) is 33.7 Å². The van der Waals surface area contributed by atoms with E-state index in [9.17, 15) is 43.6 Å². The van der Waals surface area contributed by atoms with Gasteiger partial charge in [-0.05, 0) is 410 Å². The fraction of sp³-hybridized carbons (Fsp3) is 0.990. The van der Waals surface area contributed by atoms with Crippen LogP contribution < -0.4 is 0 Å². The molecule has 0 saturated heterocycles. The summed E-state index contributed by atoms with van der Waals surface area (Å²) in [4.78, 5) is 12.3. The maximum Gasteiger partial charge on any atom is 0.192 e. The molecule has 0 bridgehead atoms. The summed E-state index contributed by atoms with van der Waals surface area (Å²) in [6, 6.07) is 7.62. The number of aliphatic hydroxyl groups excluding tert-OH is 1. The smallest absolute Gasteiger partial charge is 0.192 e. The molecule has 0 heterocycles. The average Bonchev–Trinajstić information content (AvgIpc) is 1.58. The lowest BCUT2D eigenvalue weighted by molar-refractivity contribution is -0.130. The molecule has 12 rings (SSSR count). The van der Waals surface area contributed by atoms with Gasteiger partial charge in [-0.3, -0.25) is 9.50 Å². The number of fused-ring (bicyclic) bond motifs is 4. The molecule has 21 heteroatoms. The molecule has 0 radical (unpaired) electrons. The number of aliphatic hydroxyl groups is 1. The second kappa shape index (κ2) is 41.1. The standard InChI is InChI=1S/C27H52O3SSi.C21H38O3S.C21H36O3S.C20H39IOSi.C7H14O2S.CH5P.FH/c1-9-32(10-2,11-3)30-24-13-12-17-26(8)22(14-15-23(24)26)21(4)16-18-27(19-20-27)31(28,29)25(5,6)7;2*1-15(10-12-21(13-14-21)25(23,24)19(2,3)4)16-8-9-17-18(22)7-6-11-20(16,17)5;1-6-23(7-2,8-3)22-19-10-9-14-20(5)17(11-12-18(19)20)16(4)13-15-21;1-7(2,3)10(8,9)6-4-5-6;1-2;/h21-24H,9-20H2,1-8H3;15-18,22H,6-14H2,1-5H3;15-17H,6-14H2,1-5H3;16-19H,6-15H2,1-5H3;6H,4-5H2,1-3H3;2H2,1H3;1H/t21-,22-,23+,24-,26-;15-,16-,17+,18+,20-;15-,16-,17+,20-;16-,17-,18+,19+,20-;;;/m1111.../s1/i;;;;;2D;. The first kappa shape index (κ1) is 106. The molecule has 12 fully saturated rings. The number of carbonyl (C=O) groups is 1. The van der Waals surface area contributed by atoms with Crippen LogP contribution in [-0.4, -0.2) is 130 Å². The molecule has 118 heavy (non-hydrogen) atoms. The fourth-order valence-corrected chi connectivity index (χ4v) is 42.4. The van der Waals surface area contributed by atoms with Crippen molar-refractivity contribution in [3.05, 3.63) is 0 Å². The Morgan fingerprint density at radius 1 is 0.432 bits per heavy atom. The van der Waals surface area contributed by atoms with E-state index in [0.29, 0.717) is 85.3 Å². The molecule has 0 spiro atoms. The van der Waals surface area contributed by atoms with E-state index in [2.05, 4.69) is 120 Å². The molecule has 0 amide bonds. The van der Waals surface area contributed by atoms with Crippen molar-refractivity contribution in [2.24, 2.45) is 92.7 Å². The highest BCUT2D eigenvalue weighted by Gasteiger charge is 2.64. The quantitative estimate of drug-likeness (QED) is 0.0323. The third-order valence-corrected chi connectivity index (χ3v) is 59.0. The first-order chi connectivity index (χ1) is 54.4. The van der Waals surface area contributed by atoms with Crippen LogP contribution in [0.15, 0.2) is 0 Å². The van der Waals surface area contributed by atoms with Crippen LogP contribution >= 0.6 is 31.8 Å². The highest BCUT2D eigenvalue weighted by atomic mass is 127. The number of carbonyl (C=O) groups excluding carboxylic acids is 1. The molecule has 696 valence electrons. The summed E-state index contributed by atoms with van der Waals surface area (Å²) in [5.74, 6) is 8.18. The van der Waals surface area contributed by atoms with Crippen molar-refractivity contribution in [1.82, 2.24) is 0 Å². The van der Waals surface area contributed by atoms with Crippen LogP contribution in [0.1, 0.15) is 405 Å². The maximum absolute atomic E-state index is 13.2. The van der Waals surface area contributed by atoms with E-state index in [1.807, 2.05) is 69.0 Å². The molecule has 0 aromatic rings. The molecular formula is C97H185FIO12PS4Si2. The number of Topliss-reactive ketones (excluding diaryl/α,β-unsaturated/α-hetero) is 1. The van der Waals surface area contributed by atoms with Crippen LogP contribution in [0.25, 0.3) is 0 Å². The molecule has 20 atom stereocenters. The van der Waals surface area contributed by atoms with E-state index in [1.165, 1.54) is 131 Å². The van der Waals surface area contributed by atoms with Gasteiger partial charge < -0.3 is 14.0 Å². The van der Waals surface area contributed by atoms with Crippen molar-refractivity contribution >= 4 is 93.5 Å². The third kappa shape index (κ3) is 22.4. The minimum Gasteiger partial charge on any atom is -0.414 e. The summed E-state index contributed by atoms with van der Waals surface area (Å²) in [5.41, 5.74) is 1.35. The van der Waals surface area contributed by atoms with Crippen molar-refractivity contribution in [1.29, 1.82) is 1.28 Å². The zero-order valence-corrected chi connectivity index (χ0v) is 89.2. The van der Waals surface area contributed by atoms with Crippen LogP contribution in [0.4, 0.5) is 4.70 Å². The Balaban J connectivity index is 0.000000235. The molecule has 12 aliphatic carbocycles. The second-order valence-electron chi connectivity index (χ2n) is 46.3. The van der Waals surface area contributed by atoms with Crippen molar-refractivity contribution in [3.63, 3.8) is 0 Å². The number of alkyl halides is 1. The summed E-state index contributed by atoms with van der Waals surface area (Å²) in [7, 11) is -14.8. The van der Waals surface area contributed by atoms with Gasteiger partial charge in [0.1, 0.15) is 5.78 Å². The Bertz CT molecular complexity index is 3670. The highest BCUT2D eigenvalue weighted by Crippen LogP contribution is 2.65. The minimum absolute atomic E-state index is 0. The van der Waals surface area contributed by atoms with E-state index in [1.54, 1.807) is 20.8 Å².